The molecule has 2 atom stereocenters. The van der Waals surface area contributed by atoms with Crippen molar-refractivity contribution in [3.05, 3.63) is 70.8 Å². The van der Waals surface area contributed by atoms with Gasteiger partial charge in [-0.05, 0) is 68.1 Å². The molecule has 0 bridgehead atoms. The fourth-order valence-electron chi connectivity index (χ4n) is 5.87. The van der Waals surface area contributed by atoms with Gasteiger partial charge < -0.3 is 9.80 Å². The number of hydrogen-bond acceptors (Lipinski definition) is 6. The van der Waals surface area contributed by atoms with E-state index in [4.69, 9.17) is 5.21 Å². The van der Waals surface area contributed by atoms with E-state index < -0.39 is 5.91 Å². The van der Waals surface area contributed by atoms with Crippen molar-refractivity contribution in [2.75, 3.05) is 45.8 Å². The van der Waals surface area contributed by atoms with Gasteiger partial charge in [-0.1, -0.05) is 38.1 Å². The zero-order valence-electron chi connectivity index (χ0n) is 24.0. The van der Waals surface area contributed by atoms with Gasteiger partial charge in [0.2, 0.25) is 0 Å². The molecule has 8 nitrogen and oxygen atoms in total. The zero-order chi connectivity index (χ0) is 27.9. The molecule has 2 aromatic carbocycles. The van der Waals surface area contributed by atoms with E-state index in [2.05, 4.69) is 54.5 Å². The predicted molar refractivity (Wildman–Crippen MR) is 154 cm³/mol. The second-order valence-electron chi connectivity index (χ2n) is 11.7. The van der Waals surface area contributed by atoms with Crippen molar-refractivity contribution in [3.8, 4) is 0 Å². The Bertz CT molecular complexity index is 1090. The molecule has 212 valence electrons. The van der Waals surface area contributed by atoms with Crippen molar-refractivity contribution in [3.63, 3.8) is 0 Å². The summed E-state index contributed by atoms with van der Waals surface area (Å²) in [6.45, 7) is 17.6. The van der Waals surface area contributed by atoms with Gasteiger partial charge in [-0.15, -0.1) is 0 Å². The van der Waals surface area contributed by atoms with Crippen molar-refractivity contribution in [2.24, 2.45) is 5.92 Å². The van der Waals surface area contributed by atoms with E-state index in [-0.39, 0.29) is 18.0 Å². The van der Waals surface area contributed by atoms with E-state index in [0.29, 0.717) is 5.56 Å². The first kappa shape index (κ1) is 29.2. The topological polar surface area (TPSA) is 79.4 Å². The van der Waals surface area contributed by atoms with Crippen LogP contribution in [0.1, 0.15) is 66.0 Å². The van der Waals surface area contributed by atoms with Crippen molar-refractivity contribution in [1.82, 2.24) is 25.1 Å². The van der Waals surface area contributed by atoms with E-state index in [1.807, 2.05) is 29.2 Å². The van der Waals surface area contributed by atoms with Crippen LogP contribution in [-0.2, 0) is 13.1 Å². The van der Waals surface area contributed by atoms with Gasteiger partial charge in [0, 0.05) is 75.6 Å². The minimum atomic E-state index is -0.514. The van der Waals surface area contributed by atoms with E-state index in [1.54, 1.807) is 17.6 Å². The summed E-state index contributed by atoms with van der Waals surface area (Å²) in [4.78, 5) is 34.7. The van der Waals surface area contributed by atoms with Crippen LogP contribution in [0.4, 0.5) is 0 Å². The summed E-state index contributed by atoms with van der Waals surface area (Å²) in [5, 5.41) is 8.81. The number of carbonyl (C=O) groups excluding carboxylic acids is 2. The molecule has 4 rings (SSSR count). The molecular weight excluding hydrogens is 490 g/mol. The minimum absolute atomic E-state index is 0.0864. The Morgan fingerprint density at radius 2 is 1.46 bits per heavy atom. The van der Waals surface area contributed by atoms with Crippen LogP contribution in [-0.4, -0.2) is 94.5 Å². The van der Waals surface area contributed by atoms with Crippen molar-refractivity contribution < 1.29 is 14.8 Å². The molecule has 2 N–H and O–H groups in total. The lowest BCUT2D eigenvalue weighted by Gasteiger charge is -2.44. The lowest BCUT2D eigenvalue weighted by Crippen LogP contribution is -2.58. The van der Waals surface area contributed by atoms with Crippen LogP contribution in [0.5, 0.6) is 0 Å². The Labute approximate surface area is 233 Å². The summed E-state index contributed by atoms with van der Waals surface area (Å²) in [7, 11) is 0. The monoisotopic (exact) mass is 535 g/mol. The number of carbonyl (C=O) groups is 2. The normalized spacial score (nSPS) is 21.3. The van der Waals surface area contributed by atoms with Gasteiger partial charge in [0.1, 0.15) is 0 Å². The fraction of sp³-hybridized carbons (Fsp3) is 0.548. The molecule has 2 saturated heterocycles. The van der Waals surface area contributed by atoms with Crippen molar-refractivity contribution >= 4 is 11.8 Å². The smallest absolute Gasteiger partial charge is 0.274 e. The first-order chi connectivity index (χ1) is 18.7. The summed E-state index contributed by atoms with van der Waals surface area (Å²) < 4.78 is 0. The van der Waals surface area contributed by atoms with Crippen LogP contribution in [0.15, 0.2) is 48.5 Å². The third-order valence-electron chi connectivity index (χ3n) is 8.02. The van der Waals surface area contributed by atoms with Gasteiger partial charge >= 0.3 is 0 Å². The third-order valence-corrected chi connectivity index (χ3v) is 8.02. The number of amides is 2. The molecule has 0 aliphatic carbocycles. The number of nitrogens with one attached hydrogen (secondary N) is 1. The highest BCUT2D eigenvalue weighted by molar-refractivity contribution is 5.95. The molecule has 0 spiro atoms. The molecule has 39 heavy (non-hydrogen) atoms. The Kier molecular flexibility index (Phi) is 10.1. The first-order valence-corrected chi connectivity index (χ1v) is 14.4. The summed E-state index contributed by atoms with van der Waals surface area (Å²) >= 11 is 0. The van der Waals surface area contributed by atoms with Crippen LogP contribution in [0.3, 0.4) is 0 Å². The average Bonchev–Trinajstić information content (AvgIpc) is 2.92. The van der Waals surface area contributed by atoms with Crippen LogP contribution >= 0.6 is 0 Å². The Morgan fingerprint density at radius 3 is 2.08 bits per heavy atom. The fourth-order valence-corrected chi connectivity index (χ4v) is 5.87. The maximum Gasteiger partial charge on any atom is 0.274 e. The SMILES string of the molecule is CC(C)CCN1CCN(Cc2cccc(C(=O)N3[C@H](C)CN(Cc4ccc(C(=O)NO)cc4)C[C@@H]3C)c2)CC1. The highest BCUT2D eigenvalue weighted by Gasteiger charge is 2.33. The molecule has 8 heteroatoms. The number of hydroxylamine groups is 1. The average molecular weight is 536 g/mol. The highest BCUT2D eigenvalue weighted by atomic mass is 16.5. The van der Waals surface area contributed by atoms with Crippen LogP contribution in [0.2, 0.25) is 0 Å². The largest absolute Gasteiger partial charge is 0.331 e. The lowest BCUT2D eigenvalue weighted by atomic mass is 10.0. The number of hydrogen-bond donors (Lipinski definition) is 2. The van der Waals surface area contributed by atoms with Gasteiger partial charge in [-0.3, -0.25) is 24.6 Å². The second-order valence-corrected chi connectivity index (χ2v) is 11.7. The minimum Gasteiger partial charge on any atom is -0.331 e. The summed E-state index contributed by atoms with van der Waals surface area (Å²) in [5.74, 6) is 0.340. The van der Waals surface area contributed by atoms with E-state index >= 15 is 0 Å². The van der Waals surface area contributed by atoms with Crippen LogP contribution < -0.4 is 5.48 Å². The van der Waals surface area contributed by atoms with Gasteiger partial charge in [-0.25, -0.2) is 5.48 Å². The Morgan fingerprint density at radius 1 is 0.846 bits per heavy atom. The standard InChI is InChI=1S/C31H45N5O3/c1-23(2)12-13-33-14-16-34(17-15-33)22-27-6-5-7-29(18-27)31(38)36-24(3)19-35(20-25(36)4)21-26-8-10-28(11-9-26)30(37)32-39/h5-11,18,23-25,39H,12-17,19-22H2,1-4H3,(H,32,37)/t24-,25+. The third kappa shape index (κ3) is 7.88. The van der Waals surface area contributed by atoms with Crippen LogP contribution in [0.25, 0.3) is 0 Å². The molecule has 2 aromatic rings. The summed E-state index contributed by atoms with van der Waals surface area (Å²) in [6, 6.07) is 15.6. The number of rotatable bonds is 9. The molecule has 0 radical (unpaired) electrons. The molecule has 0 unspecified atom stereocenters. The Hall–Kier alpha value is -2.78. The highest BCUT2D eigenvalue weighted by Crippen LogP contribution is 2.22. The molecule has 0 aromatic heterocycles. The molecule has 2 amide bonds. The molecule has 2 aliphatic rings. The van der Waals surface area contributed by atoms with Crippen LogP contribution in [0, 0.1) is 5.92 Å². The molecule has 0 saturated carbocycles. The number of piperazine rings is 2. The molecule has 2 aliphatic heterocycles. The first-order valence-electron chi connectivity index (χ1n) is 14.4. The van der Waals surface area contributed by atoms with Crippen molar-refractivity contribution in [2.45, 2.75) is 59.3 Å². The molecule has 2 heterocycles. The number of nitrogens with zero attached hydrogens (tertiary/aromatic N) is 4. The van der Waals surface area contributed by atoms with Gasteiger partial charge in [0.05, 0.1) is 0 Å². The second kappa shape index (κ2) is 13.5. The lowest BCUT2D eigenvalue weighted by molar-refractivity contribution is 0.0268. The van der Waals surface area contributed by atoms with Crippen molar-refractivity contribution in [1.29, 1.82) is 0 Å². The zero-order valence-corrected chi connectivity index (χ0v) is 24.0. The summed E-state index contributed by atoms with van der Waals surface area (Å²) in [5.41, 5.74) is 5.15. The van der Waals surface area contributed by atoms with E-state index in [0.717, 1.165) is 69.4 Å². The van der Waals surface area contributed by atoms with E-state index in [9.17, 15) is 9.59 Å². The molecular formula is C31H45N5O3. The molecule has 2 fully saturated rings. The maximum atomic E-state index is 13.7. The predicted octanol–water partition coefficient (Wildman–Crippen LogP) is 3.70. The maximum absolute atomic E-state index is 13.7. The quantitative estimate of drug-likeness (QED) is 0.377. The number of benzene rings is 2. The van der Waals surface area contributed by atoms with E-state index in [1.165, 1.54) is 18.5 Å². The van der Waals surface area contributed by atoms with Gasteiger partial charge in [-0.2, -0.15) is 0 Å². The van der Waals surface area contributed by atoms with Gasteiger partial charge in [0.15, 0.2) is 0 Å². The summed E-state index contributed by atoms with van der Waals surface area (Å²) in [6.07, 6.45) is 1.26. The van der Waals surface area contributed by atoms with Gasteiger partial charge in [0.25, 0.3) is 11.8 Å². The Balaban J connectivity index is 1.31.